The monoisotopic (exact) mass is 283 g/mol. The summed E-state index contributed by atoms with van der Waals surface area (Å²) >= 11 is 6.31. The number of hydrogen-bond acceptors (Lipinski definition) is 1. The first-order valence-corrected chi connectivity index (χ1v) is 6.87. The van der Waals surface area contributed by atoms with Gasteiger partial charge in [0.25, 0.3) is 0 Å². The first-order chi connectivity index (χ1) is 9.66. The molecule has 20 heavy (non-hydrogen) atoms. The SMILES string of the molecule is CC(=O)c1cn(Cc2ccccc2)c2c(Cl)cccc12. The molecule has 100 valence electrons. The van der Waals surface area contributed by atoms with Gasteiger partial charge in [0.1, 0.15) is 0 Å². The maximum absolute atomic E-state index is 11.8. The highest BCUT2D eigenvalue weighted by atomic mass is 35.5. The zero-order valence-electron chi connectivity index (χ0n) is 11.1. The Labute approximate surface area is 122 Å². The minimum absolute atomic E-state index is 0.0593. The molecule has 0 amide bonds. The molecule has 0 radical (unpaired) electrons. The number of Topliss-reactive ketones (excluding diaryl/α,β-unsaturated/α-hetero) is 1. The lowest BCUT2D eigenvalue weighted by Gasteiger charge is -2.06. The maximum atomic E-state index is 11.8. The molecule has 3 aromatic rings. The molecule has 0 aliphatic carbocycles. The van der Waals surface area contributed by atoms with E-state index in [4.69, 9.17) is 11.6 Å². The molecule has 0 spiro atoms. The molecule has 1 aromatic heterocycles. The fourth-order valence-corrected chi connectivity index (χ4v) is 2.78. The fraction of sp³-hybridized carbons (Fsp3) is 0.118. The summed E-state index contributed by atoms with van der Waals surface area (Å²) in [5.41, 5.74) is 2.82. The smallest absolute Gasteiger partial charge is 0.161 e. The summed E-state index contributed by atoms with van der Waals surface area (Å²) in [6, 6.07) is 15.8. The van der Waals surface area contributed by atoms with E-state index in [1.54, 1.807) is 6.92 Å². The van der Waals surface area contributed by atoms with Crippen molar-refractivity contribution in [1.82, 2.24) is 4.57 Å². The van der Waals surface area contributed by atoms with Crippen LogP contribution in [0.25, 0.3) is 10.9 Å². The summed E-state index contributed by atoms with van der Waals surface area (Å²) in [5, 5.41) is 1.59. The standard InChI is InChI=1S/C17H14ClNO/c1-12(20)15-11-19(10-13-6-3-2-4-7-13)17-14(15)8-5-9-16(17)18/h2-9,11H,10H2,1H3. The van der Waals surface area contributed by atoms with E-state index in [1.165, 1.54) is 5.56 Å². The van der Waals surface area contributed by atoms with E-state index in [0.29, 0.717) is 11.6 Å². The lowest BCUT2D eigenvalue weighted by atomic mass is 10.1. The van der Waals surface area contributed by atoms with Gasteiger partial charge in [-0.05, 0) is 18.6 Å². The van der Waals surface area contributed by atoms with Crippen LogP contribution in [0, 0.1) is 0 Å². The summed E-state index contributed by atoms with van der Waals surface area (Å²) < 4.78 is 2.05. The Morgan fingerprint density at radius 1 is 1.10 bits per heavy atom. The summed E-state index contributed by atoms with van der Waals surface area (Å²) in [6.07, 6.45) is 1.89. The zero-order chi connectivity index (χ0) is 14.1. The number of nitrogens with zero attached hydrogens (tertiary/aromatic N) is 1. The number of ketones is 1. The molecule has 3 rings (SSSR count). The van der Waals surface area contributed by atoms with Crippen molar-refractivity contribution in [1.29, 1.82) is 0 Å². The Morgan fingerprint density at radius 3 is 2.55 bits per heavy atom. The van der Waals surface area contributed by atoms with Gasteiger partial charge in [0.05, 0.1) is 10.5 Å². The first-order valence-electron chi connectivity index (χ1n) is 6.49. The number of halogens is 1. The van der Waals surface area contributed by atoms with Crippen LogP contribution < -0.4 is 0 Å². The van der Waals surface area contributed by atoms with Crippen LogP contribution in [0.1, 0.15) is 22.8 Å². The average Bonchev–Trinajstić information content (AvgIpc) is 2.80. The Kier molecular flexibility index (Phi) is 3.33. The Hall–Kier alpha value is -2.06. The normalized spacial score (nSPS) is 10.9. The molecule has 0 N–H and O–H groups in total. The van der Waals surface area contributed by atoms with Crippen LogP contribution in [0.4, 0.5) is 0 Å². The highest BCUT2D eigenvalue weighted by Gasteiger charge is 2.14. The number of hydrogen-bond donors (Lipinski definition) is 0. The van der Waals surface area contributed by atoms with E-state index >= 15 is 0 Å². The van der Waals surface area contributed by atoms with Gasteiger partial charge in [-0.15, -0.1) is 0 Å². The number of carbonyl (C=O) groups excluding carboxylic acids is 1. The van der Waals surface area contributed by atoms with Crippen molar-refractivity contribution in [3.63, 3.8) is 0 Å². The van der Waals surface area contributed by atoms with Crippen molar-refractivity contribution in [2.45, 2.75) is 13.5 Å². The molecule has 0 unspecified atom stereocenters. The molecule has 0 saturated heterocycles. The number of benzene rings is 2. The Balaban J connectivity index is 2.18. The van der Waals surface area contributed by atoms with Crippen LogP contribution in [0.3, 0.4) is 0 Å². The third kappa shape index (κ3) is 2.23. The van der Waals surface area contributed by atoms with Crippen molar-refractivity contribution in [2.24, 2.45) is 0 Å². The number of para-hydroxylation sites is 1. The Morgan fingerprint density at radius 2 is 1.85 bits per heavy atom. The molecule has 0 aliphatic rings. The van der Waals surface area contributed by atoms with Gasteiger partial charge in [-0.1, -0.05) is 54.1 Å². The molecular formula is C17H14ClNO. The minimum Gasteiger partial charge on any atom is -0.341 e. The van der Waals surface area contributed by atoms with Crippen molar-refractivity contribution < 1.29 is 4.79 Å². The molecule has 2 nitrogen and oxygen atoms in total. The summed E-state index contributed by atoms with van der Waals surface area (Å²) in [5.74, 6) is 0.0593. The molecule has 0 bridgehead atoms. The van der Waals surface area contributed by atoms with E-state index in [-0.39, 0.29) is 5.78 Å². The minimum atomic E-state index is 0.0593. The second-order valence-electron chi connectivity index (χ2n) is 4.85. The number of carbonyl (C=O) groups is 1. The molecule has 0 saturated carbocycles. The predicted octanol–water partition coefficient (Wildman–Crippen LogP) is 4.55. The molecule has 0 atom stereocenters. The van der Waals surface area contributed by atoms with Crippen molar-refractivity contribution in [3.8, 4) is 0 Å². The number of rotatable bonds is 3. The quantitative estimate of drug-likeness (QED) is 0.647. The third-order valence-electron chi connectivity index (χ3n) is 3.42. The van der Waals surface area contributed by atoms with Gasteiger partial charge in [-0.25, -0.2) is 0 Å². The van der Waals surface area contributed by atoms with E-state index in [0.717, 1.165) is 16.5 Å². The zero-order valence-corrected chi connectivity index (χ0v) is 11.9. The van der Waals surface area contributed by atoms with Gasteiger partial charge in [0.2, 0.25) is 0 Å². The fourth-order valence-electron chi connectivity index (χ4n) is 2.50. The van der Waals surface area contributed by atoms with Crippen LogP contribution in [0.5, 0.6) is 0 Å². The lowest BCUT2D eigenvalue weighted by molar-refractivity contribution is 0.101. The van der Waals surface area contributed by atoms with Crippen LogP contribution >= 0.6 is 11.6 Å². The topological polar surface area (TPSA) is 22.0 Å². The number of aromatic nitrogens is 1. The van der Waals surface area contributed by atoms with Crippen LogP contribution in [0.2, 0.25) is 5.02 Å². The van der Waals surface area contributed by atoms with Gasteiger partial charge in [-0.2, -0.15) is 0 Å². The van der Waals surface area contributed by atoms with Gasteiger partial charge < -0.3 is 4.57 Å². The largest absolute Gasteiger partial charge is 0.341 e. The van der Waals surface area contributed by atoms with Gasteiger partial charge >= 0.3 is 0 Å². The molecule has 1 heterocycles. The molecule has 3 heteroatoms. The summed E-state index contributed by atoms with van der Waals surface area (Å²) in [6.45, 7) is 2.29. The van der Waals surface area contributed by atoms with E-state index in [9.17, 15) is 4.79 Å². The van der Waals surface area contributed by atoms with Gasteiger partial charge in [0, 0.05) is 23.7 Å². The second kappa shape index (κ2) is 5.14. The molecule has 0 aliphatic heterocycles. The lowest BCUT2D eigenvalue weighted by Crippen LogP contribution is -1.98. The van der Waals surface area contributed by atoms with E-state index in [2.05, 4.69) is 12.1 Å². The predicted molar refractivity (Wildman–Crippen MR) is 82.5 cm³/mol. The average molecular weight is 284 g/mol. The molecule has 0 fully saturated rings. The van der Waals surface area contributed by atoms with E-state index in [1.807, 2.05) is 47.2 Å². The van der Waals surface area contributed by atoms with Gasteiger partial charge in [0.15, 0.2) is 5.78 Å². The number of fused-ring (bicyclic) bond motifs is 1. The van der Waals surface area contributed by atoms with Crippen LogP contribution in [-0.2, 0) is 6.54 Å². The second-order valence-corrected chi connectivity index (χ2v) is 5.26. The third-order valence-corrected chi connectivity index (χ3v) is 3.73. The highest BCUT2D eigenvalue weighted by Crippen LogP contribution is 2.29. The molecular weight excluding hydrogens is 270 g/mol. The van der Waals surface area contributed by atoms with Crippen LogP contribution in [-0.4, -0.2) is 10.4 Å². The highest BCUT2D eigenvalue weighted by molar-refractivity contribution is 6.35. The van der Waals surface area contributed by atoms with Crippen LogP contribution in [0.15, 0.2) is 54.7 Å². The van der Waals surface area contributed by atoms with Crippen molar-refractivity contribution in [2.75, 3.05) is 0 Å². The maximum Gasteiger partial charge on any atom is 0.161 e. The van der Waals surface area contributed by atoms with Crippen molar-refractivity contribution in [3.05, 3.63) is 70.9 Å². The van der Waals surface area contributed by atoms with Gasteiger partial charge in [-0.3, -0.25) is 4.79 Å². The van der Waals surface area contributed by atoms with E-state index < -0.39 is 0 Å². The molecule has 2 aromatic carbocycles. The summed E-state index contributed by atoms with van der Waals surface area (Å²) in [4.78, 5) is 11.8. The van der Waals surface area contributed by atoms with Crippen molar-refractivity contribution >= 4 is 28.3 Å². The Bertz CT molecular complexity index is 774. The summed E-state index contributed by atoms with van der Waals surface area (Å²) in [7, 11) is 0. The first kappa shape index (κ1) is 12.9.